The molecule has 0 N–H and O–H groups in total. The first-order valence-corrected chi connectivity index (χ1v) is 6.03. The molecule has 0 amide bonds. The van der Waals surface area contributed by atoms with Crippen molar-refractivity contribution in [3.8, 4) is 0 Å². The van der Waals surface area contributed by atoms with Crippen LogP contribution in [0.2, 0.25) is 0 Å². The number of hydrogen-bond acceptors (Lipinski definition) is 2. The Balaban J connectivity index is 3.76. The van der Waals surface area contributed by atoms with Crippen LogP contribution in [0.25, 0.3) is 0 Å². The van der Waals surface area contributed by atoms with Gasteiger partial charge in [0, 0.05) is 13.1 Å². The molecular weight excluding hydrogens is 193 g/mol. The summed E-state index contributed by atoms with van der Waals surface area (Å²) in [6, 6.07) is 0. The summed E-state index contributed by atoms with van der Waals surface area (Å²) in [5.41, 5.74) is 0. The first-order valence-electron chi connectivity index (χ1n) is 6.03. The molecule has 0 fully saturated rings. The van der Waals surface area contributed by atoms with Gasteiger partial charge in [-0.2, -0.15) is 0 Å². The fraction of sp³-hybridized carbons (Fsp3) is 1.00. The minimum atomic E-state index is -0.229. The minimum Gasteiger partial charge on any atom is -0.374 e. The first kappa shape index (κ1) is 14.8. The molecule has 0 radical (unpaired) electrons. The highest BCUT2D eigenvalue weighted by molar-refractivity contribution is 4.63. The molecule has 0 aromatic heterocycles. The van der Waals surface area contributed by atoms with Crippen LogP contribution in [0.3, 0.4) is 0 Å². The van der Waals surface area contributed by atoms with Gasteiger partial charge < -0.3 is 9.64 Å². The summed E-state index contributed by atoms with van der Waals surface area (Å²) in [6.45, 7) is 7.86. The van der Waals surface area contributed by atoms with E-state index in [1.165, 1.54) is 0 Å². The van der Waals surface area contributed by atoms with Gasteiger partial charge in [-0.3, -0.25) is 4.39 Å². The van der Waals surface area contributed by atoms with Crippen LogP contribution in [0.15, 0.2) is 0 Å². The van der Waals surface area contributed by atoms with E-state index in [4.69, 9.17) is 4.74 Å². The smallest absolute Gasteiger partial charge is 0.0906 e. The number of alkyl halides is 1. The maximum Gasteiger partial charge on any atom is 0.0906 e. The number of halogens is 1. The van der Waals surface area contributed by atoms with E-state index >= 15 is 0 Å². The Bertz CT molecular complexity index is 144. The van der Waals surface area contributed by atoms with Gasteiger partial charge in [0.2, 0.25) is 0 Å². The number of rotatable bonds is 9. The second kappa shape index (κ2) is 9.10. The Hall–Kier alpha value is -0.150. The largest absolute Gasteiger partial charge is 0.374 e. The lowest BCUT2D eigenvalue weighted by Gasteiger charge is -2.25. The highest BCUT2D eigenvalue weighted by Gasteiger charge is 2.12. The van der Waals surface area contributed by atoms with Crippen molar-refractivity contribution in [2.24, 2.45) is 0 Å². The van der Waals surface area contributed by atoms with Crippen LogP contribution in [0.4, 0.5) is 4.39 Å². The van der Waals surface area contributed by atoms with Gasteiger partial charge in [0.1, 0.15) is 0 Å². The van der Waals surface area contributed by atoms with Gasteiger partial charge in [0.25, 0.3) is 0 Å². The Morgan fingerprint density at radius 3 is 2.40 bits per heavy atom. The van der Waals surface area contributed by atoms with E-state index in [1.807, 2.05) is 7.05 Å². The lowest BCUT2D eigenvalue weighted by Crippen LogP contribution is -2.33. The van der Waals surface area contributed by atoms with Gasteiger partial charge in [-0.1, -0.05) is 13.8 Å². The van der Waals surface area contributed by atoms with Crippen LogP contribution in [-0.4, -0.2) is 43.9 Å². The lowest BCUT2D eigenvalue weighted by atomic mass is 10.2. The van der Waals surface area contributed by atoms with E-state index in [0.717, 1.165) is 25.9 Å². The second-order valence-electron chi connectivity index (χ2n) is 4.19. The van der Waals surface area contributed by atoms with Crippen molar-refractivity contribution < 1.29 is 9.13 Å². The van der Waals surface area contributed by atoms with Gasteiger partial charge in [-0.25, -0.2) is 0 Å². The average molecular weight is 219 g/mol. The Labute approximate surface area is 93.8 Å². The van der Waals surface area contributed by atoms with Crippen molar-refractivity contribution >= 4 is 0 Å². The van der Waals surface area contributed by atoms with E-state index in [0.29, 0.717) is 12.5 Å². The predicted octanol–water partition coefficient (Wildman–Crippen LogP) is 2.87. The third kappa shape index (κ3) is 7.74. The molecule has 2 nitrogen and oxygen atoms in total. The molecule has 3 heteroatoms. The Morgan fingerprint density at radius 2 is 1.93 bits per heavy atom. The summed E-state index contributed by atoms with van der Waals surface area (Å²) in [5.74, 6) is 0. The number of ether oxygens (including phenoxy) is 1. The third-order valence-corrected chi connectivity index (χ3v) is 2.64. The molecule has 0 aliphatic carbocycles. The highest BCUT2D eigenvalue weighted by Crippen LogP contribution is 2.07. The molecule has 0 aliphatic heterocycles. The van der Waals surface area contributed by atoms with Crippen molar-refractivity contribution in [2.45, 2.75) is 52.2 Å². The van der Waals surface area contributed by atoms with Crippen molar-refractivity contribution in [3.63, 3.8) is 0 Å². The molecule has 0 bridgehead atoms. The number of likely N-dealkylation sites (N-methyl/N-ethyl adjacent to an activating group) is 1. The standard InChI is InChI=1S/C12H26FNO/c1-5-11(3)15-12(6-2)10-14(4)9-7-8-13/h11-12H,5-10H2,1-4H3. The molecule has 2 unspecified atom stereocenters. The van der Waals surface area contributed by atoms with Crippen LogP contribution < -0.4 is 0 Å². The van der Waals surface area contributed by atoms with Gasteiger partial charge >= 0.3 is 0 Å². The molecular formula is C12H26FNO. The van der Waals surface area contributed by atoms with Crippen LogP contribution in [0, 0.1) is 0 Å². The fourth-order valence-electron chi connectivity index (χ4n) is 1.46. The monoisotopic (exact) mass is 219 g/mol. The SMILES string of the molecule is CCC(C)OC(CC)CN(C)CCCF. The molecule has 15 heavy (non-hydrogen) atoms. The van der Waals surface area contributed by atoms with Crippen molar-refractivity contribution in [1.82, 2.24) is 4.90 Å². The molecule has 0 aromatic rings. The summed E-state index contributed by atoms with van der Waals surface area (Å²) in [6.07, 6.45) is 3.29. The Morgan fingerprint density at radius 1 is 1.27 bits per heavy atom. The molecule has 0 rings (SSSR count). The molecule has 0 spiro atoms. The zero-order chi connectivity index (χ0) is 11.7. The summed E-state index contributed by atoms with van der Waals surface area (Å²) in [5, 5.41) is 0. The zero-order valence-corrected chi connectivity index (χ0v) is 10.6. The molecule has 0 heterocycles. The lowest BCUT2D eigenvalue weighted by molar-refractivity contribution is -0.0201. The highest BCUT2D eigenvalue weighted by atomic mass is 19.1. The molecule has 0 saturated carbocycles. The molecule has 2 atom stereocenters. The first-order chi connectivity index (χ1) is 7.13. The van der Waals surface area contributed by atoms with Crippen LogP contribution >= 0.6 is 0 Å². The zero-order valence-electron chi connectivity index (χ0n) is 10.6. The fourth-order valence-corrected chi connectivity index (χ4v) is 1.46. The van der Waals surface area contributed by atoms with Crippen molar-refractivity contribution in [3.05, 3.63) is 0 Å². The van der Waals surface area contributed by atoms with E-state index in [-0.39, 0.29) is 12.8 Å². The molecule has 92 valence electrons. The van der Waals surface area contributed by atoms with Crippen molar-refractivity contribution in [1.29, 1.82) is 0 Å². The summed E-state index contributed by atoms with van der Waals surface area (Å²) >= 11 is 0. The molecule has 0 aromatic carbocycles. The summed E-state index contributed by atoms with van der Waals surface area (Å²) in [4.78, 5) is 2.15. The van der Waals surface area contributed by atoms with Gasteiger partial charge in [-0.15, -0.1) is 0 Å². The van der Waals surface area contributed by atoms with Crippen molar-refractivity contribution in [2.75, 3.05) is 26.8 Å². The predicted molar refractivity (Wildman–Crippen MR) is 63.0 cm³/mol. The maximum absolute atomic E-state index is 12.0. The number of hydrogen-bond donors (Lipinski definition) is 0. The average Bonchev–Trinajstić information content (AvgIpc) is 2.25. The topological polar surface area (TPSA) is 12.5 Å². The molecule has 0 aliphatic rings. The van der Waals surface area contributed by atoms with Gasteiger partial charge in [0.05, 0.1) is 18.9 Å². The van der Waals surface area contributed by atoms with E-state index < -0.39 is 0 Å². The van der Waals surface area contributed by atoms with Crippen LogP contribution in [0.1, 0.15) is 40.0 Å². The van der Waals surface area contributed by atoms with Gasteiger partial charge in [-0.05, 0) is 33.2 Å². The quantitative estimate of drug-likeness (QED) is 0.591. The van der Waals surface area contributed by atoms with Crippen LogP contribution in [0.5, 0.6) is 0 Å². The third-order valence-electron chi connectivity index (χ3n) is 2.64. The maximum atomic E-state index is 12.0. The molecule has 0 saturated heterocycles. The Kier molecular flexibility index (Phi) is 9.01. The van der Waals surface area contributed by atoms with E-state index in [1.54, 1.807) is 0 Å². The van der Waals surface area contributed by atoms with E-state index in [9.17, 15) is 4.39 Å². The van der Waals surface area contributed by atoms with E-state index in [2.05, 4.69) is 25.7 Å². The van der Waals surface area contributed by atoms with Crippen LogP contribution in [-0.2, 0) is 4.74 Å². The normalized spacial score (nSPS) is 15.6. The second-order valence-corrected chi connectivity index (χ2v) is 4.19. The van der Waals surface area contributed by atoms with Gasteiger partial charge in [0.15, 0.2) is 0 Å². The summed E-state index contributed by atoms with van der Waals surface area (Å²) in [7, 11) is 2.03. The summed E-state index contributed by atoms with van der Waals surface area (Å²) < 4.78 is 17.8. The minimum absolute atomic E-state index is 0.229. The number of nitrogens with zero attached hydrogens (tertiary/aromatic N) is 1.